The van der Waals surface area contributed by atoms with Gasteiger partial charge < -0.3 is 30.2 Å². The third-order valence-electron chi connectivity index (χ3n) is 6.46. The van der Waals surface area contributed by atoms with Crippen molar-refractivity contribution < 1.29 is 23.8 Å². The van der Waals surface area contributed by atoms with E-state index in [2.05, 4.69) is 25.6 Å². The number of hydrogen-bond donors (Lipinski definition) is 4. The minimum absolute atomic E-state index is 0.0609. The number of H-pyrrole nitrogens is 1. The van der Waals surface area contributed by atoms with Gasteiger partial charge in [0.25, 0.3) is 0 Å². The second-order valence-corrected chi connectivity index (χ2v) is 9.97. The Morgan fingerprint density at radius 1 is 1.10 bits per heavy atom. The van der Waals surface area contributed by atoms with E-state index >= 15 is 0 Å². The molecule has 208 valence electrons. The first-order chi connectivity index (χ1) is 19.4. The number of anilines is 1. The molecule has 11 heteroatoms. The standard InChI is InChI=1S/C29H31FN6O4/c1-29(16-33-23(38)15-19-5-3-2-4-6-19)17-39-27(40-18-29)26-35-24(20-7-9-21(30)10-8-20)25(36-26)22-11-12-31-28(34-22)32-13-14-37/h2-12,27,37H,13-18H2,1H3,(H,33,38)(H,35,36)(H,31,32,34). The summed E-state index contributed by atoms with van der Waals surface area (Å²) in [4.78, 5) is 29.2. The molecule has 40 heavy (non-hydrogen) atoms. The van der Waals surface area contributed by atoms with Crippen molar-refractivity contribution in [1.82, 2.24) is 25.3 Å². The number of nitrogens with zero attached hydrogens (tertiary/aromatic N) is 3. The summed E-state index contributed by atoms with van der Waals surface area (Å²) in [5, 5.41) is 15.1. The van der Waals surface area contributed by atoms with Crippen molar-refractivity contribution in [1.29, 1.82) is 0 Å². The van der Waals surface area contributed by atoms with Crippen molar-refractivity contribution in [3.05, 3.63) is 84.1 Å². The molecule has 0 radical (unpaired) electrons. The first-order valence-corrected chi connectivity index (χ1v) is 13.0. The Kier molecular flexibility index (Phi) is 8.44. The van der Waals surface area contributed by atoms with E-state index in [1.165, 1.54) is 12.1 Å². The van der Waals surface area contributed by atoms with Crippen LogP contribution in [0.4, 0.5) is 10.3 Å². The summed E-state index contributed by atoms with van der Waals surface area (Å²) in [5.41, 5.74) is 2.91. The average Bonchev–Trinajstić information content (AvgIpc) is 3.42. The van der Waals surface area contributed by atoms with E-state index < -0.39 is 11.7 Å². The molecule has 0 saturated carbocycles. The van der Waals surface area contributed by atoms with Gasteiger partial charge in [-0.25, -0.2) is 19.3 Å². The second-order valence-electron chi connectivity index (χ2n) is 9.97. The van der Waals surface area contributed by atoms with Crippen molar-refractivity contribution in [2.75, 3.05) is 38.2 Å². The number of aromatic amines is 1. The number of halogens is 1. The Morgan fingerprint density at radius 2 is 1.85 bits per heavy atom. The summed E-state index contributed by atoms with van der Waals surface area (Å²) in [5.74, 6) is 0.371. The van der Waals surface area contributed by atoms with Crippen LogP contribution in [0.25, 0.3) is 22.6 Å². The van der Waals surface area contributed by atoms with Gasteiger partial charge in [0.1, 0.15) is 5.82 Å². The van der Waals surface area contributed by atoms with Gasteiger partial charge in [-0.1, -0.05) is 37.3 Å². The minimum atomic E-state index is -0.769. The number of benzene rings is 2. The maximum atomic E-state index is 13.6. The summed E-state index contributed by atoms with van der Waals surface area (Å²) in [7, 11) is 0. The Morgan fingerprint density at radius 3 is 2.58 bits per heavy atom. The largest absolute Gasteiger partial charge is 0.395 e. The quantitative estimate of drug-likeness (QED) is 0.238. The highest BCUT2D eigenvalue weighted by Gasteiger charge is 2.35. The highest BCUT2D eigenvalue weighted by atomic mass is 19.1. The lowest BCUT2D eigenvalue weighted by Gasteiger charge is -2.36. The van der Waals surface area contributed by atoms with Gasteiger partial charge in [0, 0.05) is 30.3 Å². The lowest BCUT2D eigenvalue weighted by Crippen LogP contribution is -2.45. The van der Waals surface area contributed by atoms with E-state index in [1.54, 1.807) is 24.4 Å². The molecule has 0 spiro atoms. The molecule has 3 heterocycles. The Bertz CT molecular complexity index is 1420. The van der Waals surface area contributed by atoms with Crippen molar-refractivity contribution in [2.45, 2.75) is 19.6 Å². The number of imidazole rings is 1. The van der Waals surface area contributed by atoms with Crippen LogP contribution in [0.3, 0.4) is 0 Å². The van der Waals surface area contributed by atoms with Crippen LogP contribution in [-0.2, 0) is 20.7 Å². The predicted molar refractivity (Wildman–Crippen MR) is 146 cm³/mol. The molecule has 5 rings (SSSR count). The van der Waals surface area contributed by atoms with Crippen molar-refractivity contribution in [3.63, 3.8) is 0 Å². The van der Waals surface area contributed by atoms with Crippen molar-refractivity contribution in [2.24, 2.45) is 5.41 Å². The SMILES string of the molecule is CC1(CNC(=O)Cc2ccccc2)COC(c2nc(-c3ccc(F)cc3)c(-c3ccnc(NCCO)n3)[nH]2)OC1. The highest BCUT2D eigenvalue weighted by molar-refractivity contribution is 5.78. The molecule has 0 bridgehead atoms. The van der Waals surface area contributed by atoms with Crippen LogP contribution in [0.2, 0.25) is 0 Å². The number of hydrogen-bond acceptors (Lipinski definition) is 8. The predicted octanol–water partition coefficient (Wildman–Crippen LogP) is 3.49. The molecule has 10 nitrogen and oxygen atoms in total. The van der Waals surface area contributed by atoms with E-state index in [0.717, 1.165) is 5.56 Å². The molecule has 0 atom stereocenters. The fraction of sp³-hybridized carbons (Fsp3) is 0.310. The van der Waals surface area contributed by atoms with E-state index in [1.807, 2.05) is 37.3 Å². The zero-order valence-corrected chi connectivity index (χ0v) is 22.1. The van der Waals surface area contributed by atoms with Crippen molar-refractivity contribution in [3.8, 4) is 22.6 Å². The van der Waals surface area contributed by atoms with Crippen molar-refractivity contribution >= 4 is 11.9 Å². The van der Waals surface area contributed by atoms with Gasteiger partial charge in [-0.15, -0.1) is 0 Å². The molecule has 4 aromatic rings. The zero-order chi connectivity index (χ0) is 28.0. The topological polar surface area (TPSA) is 134 Å². The van der Waals surface area contributed by atoms with Gasteiger partial charge in [0.05, 0.1) is 43.3 Å². The van der Waals surface area contributed by atoms with Gasteiger partial charge in [0.2, 0.25) is 18.1 Å². The summed E-state index contributed by atoms with van der Waals surface area (Å²) in [6, 6.07) is 17.3. The number of aliphatic hydroxyl groups excluding tert-OH is 1. The molecule has 1 saturated heterocycles. The lowest BCUT2D eigenvalue weighted by molar-refractivity contribution is -0.232. The summed E-state index contributed by atoms with van der Waals surface area (Å²) in [6.07, 6.45) is 1.14. The van der Waals surface area contributed by atoms with Gasteiger partial charge in [0.15, 0.2) is 5.82 Å². The molecule has 2 aromatic carbocycles. The molecule has 1 amide bonds. The monoisotopic (exact) mass is 546 g/mol. The van der Waals surface area contributed by atoms with Crippen LogP contribution in [0.1, 0.15) is 24.6 Å². The van der Waals surface area contributed by atoms with E-state index in [0.29, 0.717) is 67.1 Å². The second kappa shape index (κ2) is 12.3. The van der Waals surface area contributed by atoms with Gasteiger partial charge in [-0.05, 0) is 35.9 Å². The summed E-state index contributed by atoms with van der Waals surface area (Å²) < 4.78 is 25.8. The number of aromatic nitrogens is 4. The highest BCUT2D eigenvalue weighted by Crippen LogP contribution is 2.35. The molecule has 1 fully saturated rings. The number of carbonyl (C=O) groups is 1. The molecular weight excluding hydrogens is 515 g/mol. The summed E-state index contributed by atoms with van der Waals surface area (Å²) in [6.45, 7) is 3.32. The van der Waals surface area contributed by atoms with Gasteiger partial charge in [-0.3, -0.25) is 4.79 Å². The zero-order valence-electron chi connectivity index (χ0n) is 22.1. The molecule has 4 N–H and O–H groups in total. The van der Waals surface area contributed by atoms with Crippen LogP contribution < -0.4 is 10.6 Å². The maximum Gasteiger partial charge on any atom is 0.224 e. The Labute approximate surface area is 231 Å². The molecule has 0 unspecified atom stereocenters. The Balaban J connectivity index is 1.30. The smallest absolute Gasteiger partial charge is 0.224 e. The van der Waals surface area contributed by atoms with Crippen LogP contribution in [0, 0.1) is 11.2 Å². The van der Waals surface area contributed by atoms with E-state index in [-0.39, 0.29) is 18.3 Å². The first-order valence-electron chi connectivity index (χ1n) is 13.0. The number of nitrogens with one attached hydrogen (secondary N) is 3. The van der Waals surface area contributed by atoms with Crippen LogP contribution in [0.5, 0.6) is 0 Å². The average molecular weight is 547 g/mol. The third-order valence-corrected chi connectivity index (χ3v) is 6.46. The normalized spacial score (nSPS) is 18.8. The van der Waals surface area contributed by atoms with E-state index in [9.17, 15) is 9.18 Å². The third kappa shape index (κ3) is 6.68. The molecule has 0 aliphatic carbocycles. The molecular formula is C29H31FN6O4. The maximum absolute atomic E-state index is 13.6. The van der Waals surface area contributed by atoms with E-state index in [4.69, 9.17) is 19.6 Å². The molecule has 1 aliphatic rings. The van der Waals surface area contributed by atoms with Crippen LogP contribution in [-0.4, -0.2) is 63.9 Å². The Hall–Kier alpha value is -4.19. The number of rotatable bonds is 10. The summed E-state index contributed by atoms with van der Waals surface area (Å²) >= 11 is 0. The van der Waals surface area contributed by atoms with Gasteiger partial charge >= 0.3 is 0 Å². The fourth-order valence-corrected chi connectivity index (χ4v) is 4.32. The number of aliphatic hydroxyl groups is 1. The molecule has 1 aliphatic heterocycles. The van der Waals surface area contributed by atoms with Gasteiger partial charge in [-0.2, -0.15) is 0 Å². The number of carbonyl (C=O) groups excluding carboxylic acids is 1. The number of amides is 1. The fourth-order valence-electron chi connectivity index (χ4n) is 4.32. The number of ether oxygens (including phenoxy) is 2. The lowest BCUT2D eigenvalue weighted by atomic mass is 9.92. The van der Waals surface area contributed by atoms with Crippen LogP contribution >= 0.6 is 0 Å². The first kappa shape index (κ1) is 27.4. The minimum Gasteiger partial charge on any atom is -0.395 e. The molecule has 2 aromatic heterocycles. The van der Waals surface area contributed by atoms with Crippen LogP contribution in [0.15, 0.2) is 66.9 Å².